The van der Waals surface area contributed by atoms with Crippen molar-refractivity contribution in [3.05, 3.63) is 71.8 Å². The number of hydrogen-bond acceptors (Lipinski definition) is 12. The number of nitrogens with zero attached hydrogens (tertiary/aromatic N) is 1. The highest BCUT2D eigenvalue weighted by Crippen LogP contribution is 2.22. The molecule has 1 saturated heterocycles. The van der Waals surface area contributed by atoms with Crippen LogP contribution in [-0.4, -0.2) is 124 Å². The predicted octanol–water partition coefficient (Wildman–Crippen LogP) is 4.11. The molecule has 3 N–H and O–H groups in total. The lowest BCUT2D eigenvalue weighted by Crippen LogP contribution is -2.54. The zero-order valence-corrected chi connectivity index (χ0v) is 38.5. The third kappa shape index (κ3) is 20.4. The molecule has 3 rings (SSSR count). The van der Waals surface area contributed by atoms with Crippen molar-refractivity contribution in [2.75, 3.05) is 58.4 Å². The highest BCUT2D eigenvalue weighted by Gasteiger charge is 2.40. The molecule has 5 atom stereocenters. The molecule has 1 fully saturated rings. The second kappa shape index (κ2) is 27.1. The number of ether oxygens (including phenoxy) is 2. The number of benzene rings is 2. The Kier molecular flexibility index (Phi) is 22.8. The monoisotopic (exact) mass is 895 g/mol. The number of carbonyl (C=O) groups is 5. The Labute approximate surface area is 374 Å². The molecule has 15 heteroatoms. The molecule has 2 amide bonds. The molecule has 0 spiro atoms. The smallest absolute Gasteiger partial charge is 0.267 e. The third-order valence-corrected chi connectivity index (χ3v) is 12.1. The van der Waals surface area contributed by atoms with Gasteiger partial charge in [-0.15, -0.1) is 6.42 Å². The third-order valence-electron chi connectivity index (χ3n) is 10.8. The van der Waals surface area contributed by atoms with E-state index in [0.29, 0.717) is 39.1 Å². The summed E-state index contributed by atoms with van der Waals surface area (Å²) in [5.41, 5.74) is -0.526. The van der Waals surface area contributed by atoms with Gasteiger partial charge >= 0.3 is 0 Å². The Morgan fingerprint density at radius 3 is 2.03 bits per heavy atom. The summed E-state index contributed by atoms with van der Waals surface area (Å²) in [6.07, 6.45) is 6.41. The summed E-state index contributed by atoms with van der Waals surface area (Å²) in [5, 5.41) is 17.0. The average Bonchev–Trinajstić information content (AvgIpc) is 3.24. The Bertz CT molecular complexity index is 1890. The maximum absolute atomic E-state index is 14.4. The van der Waals surface area contributed by atoms with Gasteiger partial charge in [0.25, 0.3) is 10.1 Å². The topological polar surface area (TPSA) is 195 Å². The second-order valence-electron chi connectivity index (χ2n) is 17.6. The van der Waals surface area contributed by atoms with Crippen LogP contribution in [0.1, 0.15) is 84.3 Å². The van der Waals surface area contributed by atoms with Crippen LogP contribution < -0.4 is 10.6 Å². The van der Waals surface area contributed by atoms with Gasteiger partial charge in [0.1, 0.15) is 24.6 Å². The van der Waals surface area contributed by atoms with E-state index in [-0.39, 0.29) is 81.7 Å². The van der Waals surface area contributed by atoms with Crippen LogP contribution in [0.5, 0.6) is 0 Å². The molecule has 2 aromatic rings. The summed E-state index contributed by atoms with van der Waals surface area (Å²) in [7, 11) is -4.15. The van der Waals surface area contributed by atoms with Gasteiger partial charge < -0.3 is 25.2 Å². The number of nitrogens with one attached hydrogen (secondary N) is 2. The highest BCUT2D eigenvalue weighted by molar-refractivity contribution is 7.86. The fourth-order valence-corrected chi connectivity index (χ4v) is 8.40. The van der Waals surface area contributed by atoms with Gasteiger partial charge in [0.2, 0.25) is 11.8 Å². The van der Waals surface area contributed by atoms with Crippen molar-refractivity contribution < 1.29 is 51.2 Å². The molecule has 1 aliphatic heterocycles. The van der Waals surface area contributed by atoms with Crippen LogP contribution >= 0.6 is 0 Å². The fourth-order valence-electron chi connectivity index (χ4n) is 7.40. The summed E-state index contributed by atoms with van der Waals surface area (Å²) in [6.45, 7) is 10.4. The Morgan fingerprint density at radius 2 is 1.43 bits per heavy atom. The first-order chi connectivity index (χ1) is 29.9. The molecule has 0 bridgehead atoms. The highest BCUT2D eigenvalue weighted by atomic mass is 32.2. The van der Waals surface area contributed by atoms with Gasteiger partial charge in [0.05, 0.1) is 37.6 Å². The summed E-state index contributed by atoms with van der Waals surface area (Å²) in [6, 6.07) is 16.6. The van der Waals surface area contributed by atoms with E-state index in [1.807, 2.05) is 93.3 Å². The molecule has 63 heavy (non-hydrogen) atoms. The van der Waals surface area contributed by atoms with Crippen LogP contribution in [0.3, 0.4) is 0 Å². The van der Waals surface area contributed by atoms with Crippen molar-refractivity contribution in [2.24, 2.45) is 23.7 Å². The number of Topliss-reactive ketones (excluding diaryl/α,β-unsaturated/α-hetero) is 3. The fraction of sp³-hybridized carbons (Fsp3) is 0.604. The first-order valence-electron chi connectivity index (χ1n) is 22.1. The van der Waals surface area contributed by atoms with Gasteiger partial charge in [0, 0.05) is 44.4 Å². The van der Waals surface area contributed by atoms with Crippen LogP contribution in [0.15, 0.2) is 60.7 Å². The minimum absolute atomic E-state index is 0.00573. The number of hydrogen-bond donors (Lipinski definition) is 3. The summed E-state index contributed by atoms with van der Waals surface area (Å²) in [4.78, 5) is 72.2. The van der Waals surface area contributed by atoms with E-state index in [9.17, 15) is 37.5 Å². The summed E-state index contributed by atoms with van der Waals surface area (Å²) in [5.74, 6) is -2.32. The van der Waals surface area contributed by atoms with Crippen molar-refractivity contribution in [3.63, 3.8) is 0 Å². The number of rotatable bonds is 30. The van der Waals surface area contributed by atoms with E-state index in [0.717, 1.165) is 18.1 Å². The van der Waals surface area contributed by atoms with Crippen LogP contribution in [0.2, 0.25) is 0 Å². The first-order valence-corrected chi connectivity index (χ1v) is 23.6. The van der Waals surface area contributed by atoms with E-state index in [1.54, 1.807) is 0 Å². The van der Waals surface area contributed by atoms with Crippen LogP contribution in [0, 0.1) is 36.0 Å². The van der Waals surface area contributed by atoms with Gasteiger partial charge in [-0.05, 0) is 68.4 Å². The van der Waals surface area contributed by atoms with Crippen molar-refractivity contribution in [1.82, 2.24) is 15.5 Å². The lowest BCUT2D eigenvalue weighted by Gasteiger charge is -2.30. The number of aryl methyl sites for hydroxylation is 1. The molecule has 348 valence electrons. The Morgan fingerprint density at radius 1 is 0.857 bits per heavy atom. The number of amides is 2. The zero-order valence-electron chi connectivity index (χ0n) is 37.7. The minimum atomic E-state index is -4.15. The SMILES string of the molecule is C#CCOCCCS(=O)(=O)OC[C@@](C)(O)C(=O)[C@H](CC(C)C)NC(=O)[C@@H](CC(=O)[C@H](CC(C)C)NC(=O)[C@H](CCc1ccccc1)CC(=O)CN1CCOCC1)Cc1ccccc1. The van der Waals surface area contributed by atoms with Gasteiger partial charge in [-0.3, -0.25) is 33.1 Å². The van der Waals surface area contributed by atoms with E-state index < -0.39 is 69.6 Å². The van der Waals surface area contributed by atoms with E-state index >= 15 is 0 Å². The van der Waals surface area contributed by atoms with Crippen molar-refractivity contribution in [3.8, 4) is 12.3 Å². The zero-order chi connectivity index (χ0) is 46.4. The van der Waals surface area contributed by atoms with Gasteiger partial charge in [-0.25, -0.2) is 0 Å². The van der Waals surface area contributed by atoms with Gasteiger partial charge in [0.15, 0.2) is 11.6 Å². The molecule has 14 nitrogen and oxygen atoms in total. The van der Waals surface area contributed by atoms with Crippen molar-refractivity contribution >= 4 is 39.3 Å². The van der Waals surface area contributed by atoms with E-state index in [2.05, 4.69) is 16.6 Å². The molecule has 0 saturated carbocycles. The molecule has 0 unspecified atom stereocenters. The van der Waals surface area contributed by atoms with Gasteiger partial charge in [-0.1, -0.05) is 94.3 Å². The van der Waals surface area contributed by atoms with E-state index in [4.69, 9.17) is 20.1 Å². The van der Waals surface area contributed by atoms with Crippen LogP contribution in [0.4, 0.5) is 0 Å². The molecule has 0 aromatic heterocycles. The number of terminal acetylenes is 1. The Hall–Kier alpha value is -4.30. The van der Waals surface area contributed by atoms with E-state index in [1.165, 1.54) is 0 Å². The summed E-state index contributed by atoms with van der Waals surface area (Å²) >= 11 is 0. The normalized spacial score (nSPS) is 16.3. The second-order valence-corrected chi connectivity index (χ2v) is 19.3. The molecule has 0 aliphatic carbocycles. The molecule has 0 radical (unpaired) electrons. The quantitative estimate of drug-likeness (QED) is 0.0578. The number of carbonyl (C=O) groups excluding carboxylic acids is 5. The average molecular weight is 896 g/mol. The van der Waals surface area contributed by atoms with Gasteiger partial charge in [-0.2, -0.15) is 8.42 Å². The van der Waals surface area contributed by atoms with Crippen LogP contribution in [0.25, 0.3) is 0 Å². The summed E-state index contributed by atoms with van der Waals surface area (Å²) < 4.78 is 40.7. The molecule has 2 aromatic carbocycles. The molecular formula is C48H69N3O11S. The lowest BCUT2D eigenvalue weighted by atomic mass is 9.86. The number of ketones is 3. The molecule has 1 aliphatic rings. The predicted molar refractivity (Wildman–Crippen MR) is 241 cm³/mol. The maximum Gasteiger partial charge on any atom is 0.267 e. The molecule has 1 heterocycles. The molecular weight excluding hydrogens is 827 g/mol. The minimum Gasteiger partial charge on any atom is -0.380 e. The first kappa shape index (κ1) is 53.0. The van der Waals surface area contributed by atoms with Crippen molar-refractivity contribution in [1.29, 1.82) is 0 Å². The lowest BCUT2D eigenvalue weighted by molar-refractivity contribution is -0.143. The number of aliphatic hydroxyl groups is 1. The largest absolute Gasteiger partial charge is 0.380 e. The number of morpholine rings is 1. The van der Waals surface area contributed by atoms with Crippen LogP contribution in [-0.2, 0) is 60.6 Å². The Balaban J connectivity index is 1.82. The standard InChI is InChI=1S/C48H69N3O11S/c1-7-23-60-24-14-27-63(58,59)62-34-48(6,57)45(54)43(29-36(4)5)50-47(56)40(30-38-17-12-9-13-18-38)32-44(53)42(28-35(2)3)49-46(55)39(20-19-37-15-10-8-11-16-37)31-41(52)33-51-21-25-61-26-22-51/h1,8-13,15-18,35-36,39-40,42-43,57H,14,19-34H2,2-6H3,(H,49,55)(H,50,56)/t39-,40-,42+,43+,48-/m1/s1. The maximum atomic E-state index is 14.4. The van der Waals surface area contributed by atoms with Crippen molar-refractivity contribution in [2.45, 2.75) is 104 Å².